The lowest BCUT2D eigenvalue weighted by molar-refractivity contribution is 0.0923. The molecule has 0 radical (unpaired) electrons. The van der Waals surface area contributed by atoms with Gasteiger partial charge in [-0.1, -0.05) is 38.1 Å². The molecule has 1 heterocycles. The van der Waals surface area contributed by atoms with Crippen molar-refractivity contribution in [1.82, 2.24) is 10.2 Å². The molecule has 0 saturated heterocycles. The quantitative estimate of drug-likeness (QED) is 0.423. The minimum atomic E-state index is -0.446. The largest absolute Gasteiger partial charge is 0.494 e. The molecule has 186 valence electrons. The van der Waals surface area contributed by atoms with E-state index in [9.17, 15) is 14.4 Å². The van der Waals surface area contributed by atoms with Crippen molar-refractivity contribution in [3.05, 3.63) is 94.5 Å². The Balaban J connectivity index is 1.48. The van der Waals surface area contributed by atoms with Gasteiger partial charge < -0.3 is 10.1 Å². The second kappa shape index (κ2) is 11.2. The third-order valence-corrected chi connectivity index (χ3v) is 6.40. The highest BCUT2D eigenvalue weighted by atomic mass is 16.5. The van der Waals surface area contributed by atoms with Crippen LogP contribution in [0.25, 0.3) is 0 Å². The molecule has 0 spiro atoms. The number of amides is 3. The molecule has 4 rings (SSSR count). The number of nitrogens with one attached hydrogen (secondary N) is 1. The first kappa shape index (κ1) is 25.1. The molecule has 0 aliphatic carbocycles. The van der Waals surface area contributed by atoms with Gasteiger partial charge in [-0.25, -0.2) is 4.90 Å². The molecule has 0 fully saturated rings. The van der Waals surface area contributed by atoms with E-state index >= 15 is 0 Å². The second-order valence-corrected chi connectivity index (χ2v) is 8.55. The Hall–Kier alpha value is -3.97. The predicted octanol–water partition coefficient (Wildman–Crippen LogP) is 4.66. The zero-order valence-electron chi connectivity index (χ0n) is 20.9. The van der Waals surface area contributed by atoms with E-state index in [0.717, 1.165) is 30.1 Å². The molecule has 1 aliphatic heterocycles. The highest BCUT2D eigenvalue weighted by Crippen LogP contribution is 2.30. The van der Waals surface area contributed by atoms with E-state index in [0.29, 0.717) is 30.2 Å². The molecule has 1 aliphatic rings. The molecule has 36 heavy (non-hydrogen) atoms. The van der Waals surface area contributed by atoms with Crippen LogP contribution in [0.15, 0.2) is 66.7 Å². The number of rotatable bonds is 10. The Labute approximate surface area is 211 Å². The normalized spacial score (nSPS) is 12.7. The van der Waals surface area contributed by atoms with Crippen LogP contribution in [-0.4, -0.2) is 42.3 Å². The topological polar surface area (TPSA) is 79.0 Å². The summed E-state index contributed by atoms with van der Waals surface area (Å²) in [7, 11) is 0. The average Bonchev–Trinajstić information content (AvgIpc) is 3.16. The van der Waals surface area contributed by atoms with Crippen LogP contribution < -0.4 is 15.0 Å². The van der Waals surface area contributed by atoms with Gasteiger partial charge in [0.2, 0.25) is 0 Å². The monoisotopic (exact) mass is 485 g/mol. The summed E-state index contributed by atoms with van der Waals surface area (Å²) in [5, 5.41) is 2.96. The summed E-state index contributed by atoms with van der Waals surface area (Å²) in [6, 6.07) is 19.5. The predicted molar refractivity (Wildman–Crippen MR) is 139 cm³/mol. The number of hydrogen-bond acceptors (Lipinski definition) is 5. The summed E-state index contributed by atoms with van der Waals surface area (Å²) in [5.41, 5.74) is 3.53. The standard InChI is InChI=1S/C29H31N3O4/c1-4-31(5-2)19-22-10-8-7-9-21(22)18-30-27(33)20-11-16-25-26(17-20)29(35)32(28(25)34)23-12-14-24(15-13-23)36-6-3/h7-17H,4-6,18-19H2,1-3H3,(H,30,33). The van der Waals surface area contributed by atoms with Crippen LogP contribution in [-0.2, 0) is 13.1 Å². The van der Waals surface area contributed by atoms with E-state index in [1.165, 1.54) is 11.6 Å². The fourth-order valence-corrected chi connectivity index (χ4v) is 4.32. The van der Waals surface area contributed by atoms with Crippen molar-refractivity contribution in [2.45, 2.75) is 33.9 Å². The zero-order valence-corrected chi connectivity index (χ0v) is 20.9. The highest BCUT2D eigenvalue weighted by Gasteiger charge is 2.37. The fraction of sp³-hybridized carbons (Fsp3) is 0.276. The maximum Gasteiger partial charge on any atom is 0.266 e. The molecule has 3 aromatic carbocycles. The minimum absolute atomic E-state index is 0.225. The summed E-state index contributed by atoms with van der Waals surface area (Å²) < 4.78 is 5.44. The van der Waals surface area contributed by atoms with Crippen LogP contribution in [0.4, 0.5) is 5.69 Å². The number of ether oxygens (including phenoxy) is 1. The summed E-state index contributed by atoms with van der Waals surface area (Å²) >= 11 is 0. The molecular formula is C29H31N3O4. The smallest absolute Gasteiger partial charge is 0.266 e. The molecule has 7 nitrogen and oxygen atoms in total. The van der Waals surface area contributed by atoms with Gasteiger partial charge in [0.25, 0.3) is 17.7 Å². The van der Waals surface area contributed by atoms with E-state index in [-0.39, 0.29) is 17.0 Å². The van der Waals surface area contributed by atoms with E-state index in [1.807, 2.05) is 25.1 Å². The number of fused-ring (bicyclic) bond motifs is 1. The first-order valence-corrected chi connectivity index (χ1v) is 12.3. The first-order chi connectivity index (χ1) is 17.5. The van der Waals surface area contributed by atoms with Gasteiger partial charge in [-0.15, -0.1) is 0 Å². The van der Waals surface area contributed by atoms with Crippen molar-refractivity contribution in [1.29, 1.82) is 0 Å². The van der Waals surface area contributed by atoms with E-state index in [4.69, 9.17) is 4.74 Å². The third kappa shape index (κ3) is 5.16. The van der Waals surface area contributed by atoms with Crippen molar-refractivity contribution in [2.24, 2.45) is 0 Å². The maximum absolute atomic E-state index is 13.1. The van der Waals surface area contributed by atoms with Crippen LogP contribution in [0.3, 0.4) is 0 Å². The van der Waals surface area contributed by atoms with Crippen molar-refractivity contribution in [2.75, 3.05) is 24.6 Å². The summed E-state index contributed by atoms with van der Waals surface area (Å²) in [6.07, 6.45) is 0. The van der Waals surface area contributed by atoms with Crippen LogP contribution in [0.5, 0.6) is 5.75 Å². The molecule has 0 unspecified atom stereocenters. The number of benzene rings is 3. The Morgan fingerprint density at radius 1 is 0.861 bits per heavy atom. The van der Waals surface area contributed by atoms with Gasteiger partial charge in [-0.3, -0.25) is 19.3 Å². The summed E-state index contributed by atoms with van der Waals surface area (Å²) in [5.74, 6) is -0.486. The van der Waals surface area contributed by atoms with Gasteiger partial charge in [0.05, 0.1) is 23.4 Å². The maximum atomic E-state index is 13.1. The van der Waals surface area contributed by atoms with Crippen LogP contribution >= 0.6 is 0 Å². The molecule has 0 aromatic heterocycles. The highest BCUT2D eigenvalue weighted by molar-refractivity contribution is 6.34. The minimum Gasteiger partial charge on any atom is -0.494 e. The average molecular weight is 486 g/mol. The van der Waals surface area contributed by atoms with Crippen molar-refractivity contribution < 1.29 is 19.1 Å². The van der Waals surface area contributed by atoms with Crippen molar-refractivity contribution in [3.8, 4) is 5.75 Å². The number of nitrogens with zero attached hydrogens (tertiary/aromatic N) is 2. The van der Waals surface area contributed by atoms with Gasteiger partial charge in [0, 0.05) is 18.7 Å². The number of carbonyl (C=O) groups excluding carboxylic acids is 3. The fourth-order valence-electron chi connectivity index (χ4n) is 4.32. The van der Waals surface area contributed by atoms with Crippen molar-refractivity contribution in [3.63, 3.8) is 0 Å². The summed E-state index contributed by atoms with van der Waals surface area (Å²) in [4.78, 5) is 42.5. The Kier molecular flexibility index (Phi) is 7.80. The van der Waals surface area contributed by atoms with Crippen LogP contribution in [0.1, 0.15) is 63.0 Å². The van der Waals surface area contributed by atoms with Crippen LogP contribution in [0.2, 0.25) is 0 Å². The molecule has 7 heteroatoms. The zero-order chi connectivity index (χ0) is 25.7. The van der Waals surface area contributed by atoms with Crippen LogP contribution in [0, 0.1) is 0 Å². The lowest BCUT2D eigenvalue weighted by atomic mass is 10.0. The molecule has 3 aromatic rings. The SMILES string of the molecule is CCOc1ccc(N2C(=O)c3ccc(C(=O)NCc4ccccc4CN(CC)CC)cc3C2=O)cc1. The first-order valence-electron chi connectivity index (χ1n) is 12.3. The number of carbonyl (C=O) groups is 3. The third-order valence-electron chi connectivity index (χ3n) is 6.40. The molecule has 0 saturated carbocycles. The molecule has 1 N–H and O–H groups in total. The van der Waals surface area contributed by atoms with E-state index in [2.05, 4.69) is 30.1 Å². The molecular weight excluding hydrogens is 454 g/mol. The Morgan fingerprint density at radius 2 is 1.53 bits per heavy atom. The summed E-state index contributed by atoms with van der Waals surface area (Å²) in [6.45, 7) is 9.76. The van der Waals surface area contributed by atoms with Gasteiger partial charge in [0.15, 0.2) is 0 Å². The van der Waals surface area contributed by atoms with Gasteiger partial charge in [0.1, 0.15) is 5.75 Å². The van der Waals surface area contributed by atoms with Crippen molar-refractivity contribution >= 4 is 23.4 Å². The second-order valence-electron chi connectivity index (χ2n) is 8.55. The van der Waals surface area contributed by atoms with Gasteiger partial charge in [-0.2, -0.15) is 0 Å². The molecule has 0 atom stereocenters. The molecule has 0 bridgehead atoms. The number of imide groups is 1. The lowest BCUT2D eigenvalue weighted by Gasteiger charge is -2.20. The van der Waals surface area contributed by atoms with Gasteiger partial charge in [-0.05, 0) is 73.6 Å². The molecule has 3 amide bonds. The van der Waals surface area contributed by atoms with E-state index < -0.39 is 11.8 Å². The number of hydrogen-bond donors (Lipinski definition) is 1. The lowest BCUT2D eigenvalue weighted by Crippen LogP contribution is -2.29. The Bertz CT molecular complexity index is 1270. The number of anilines is 1. The van der Waals surface area contributed by atoms with Gasteiger partial charge >= 0.3 is 0 Å². The Morgan fingerprint density at radius 3 is 2.19 bits per heavy atom. The van der Waals surface area contributed by atoms with E-state index in [1.54, 1.807) is 36.4 Å².